The van der Waals surface area contributed by atoms with E-state index in [-0.39, 0.29) is 0 Å². The molecule has 3 saturated heterocycles. The molecular weight excluding hydrogens is 208 g/mol. The summed E-state index contributed by atoms with van der Waals surface area (Å²) in [5, 5.41) is 8.93. The molecule has 2 heteroatoms. The molecular formula is C15H18N2. The Labute approximate surface area is 103 Å². The van der Waals surface area contributed by atoms with Gasteiger partial charge in [-0.1, -0.05) is 30.3 Å². The Kier molecular flexibility index (Phi) is 2.86. The highest BCUT2D eigenvalue weighted by molar-refractivity contribution is 5.23. The van der Waals surface area contributed by atoms with Crippen LogP contribution in [0.15, 0.2) is 30.3 Å². The Morgan fingerprint density at radius 1 is 1.24 bits per heavy atom. The zero-order chi connectivity index (χ0) is 11.7. The van der Waals surface area contributed by atoms with Crippen molar-refractivity contribution in [2.75, 3.05) is 19.6 Å². The maximum atomic E-state index is 8.93. The molecule has 2 bridgehead atoms. The molecule has 4 atom stereocenters. The molecule has 3 aliphatic heterocycles. The lowest BCUT2D eigenvalue weighted by Crippen LogP contribution is -2.51. The van der Waals surface area contributed by atoms with Gasteiger partial charge in [-0.15, -0.1) is 0 Å². The van der Waals surface area contributed by atoms with Gasteiger partial charge >= 0.3 is 0 Å². The van der Waals surface area contributed by atoms with Crippen LogP contribution in [0.1, 0.15) is 24.3 Å². The van der Waals surface area contributed by atoms with Gasteiger partial charge in [0.15, 0.2) is 0 Å². The number of fused-ring (bicyclic) bond motifs is 3. The summed E-state index contributed by atoms with van der Waals surface area (Å²) in [5.41, 5.74) is 1.46. The van der Waals surface area contributed by atoms with Crippen LogP contribution in [0.3, 0.4) is 0 Å². The monoisotopic (exact) mass is 226 g/mol. The quantitative estimate of drug-likeness (QED) is 0.775. The summed E-state index contributed by atoms with van der Waals surface area (Å²) in [7, 11) is 0. The van der Waals surface area contributed by atoms with E-state index in [0.717, 1.165) is 18.9 Å². The molecule has 3 aliphatic rings. The van der Waals surface area contributed by atoms with Crippen molar-refractivity contribution in [2.45, 2.75) is 18.8 Å². The topological polar surface area (TPSA) is 27.0 Å². The first kappa shape index (κ1) is 10.8. The lowest BCUT2D eigenvalue weighted by atomic mass is 9.69. The molecule has 0 amide bonds. The number of nitriles is 1. The molecule has 1 aromatic rings. The molecule has 0 aliphatic carbocycles. The first-order valence-corrected chi connectivity index (χ1v) is 6.52. The van der Waals surface area contributed by atoms with E-state index < -0.39 is 0 Å². The number of rotatable bonds is 2. The van der Waals surface area contributed by atoms with Crippen LogP contribution >= 0.6 is 0 Å². The molecule has 0 spiro atoms. The number of piperidine rings is 3. The fourth-order valence-corrected chi connectivity index (χ4v) is 3.62. The van der Waals surface area contributed by atoms with E-state index in [4.69, 9.17) is 5.26 Å². The molecule has 1 unspecified atom stereocenters. The van der Waals surface area contributed by atoms with E-state index in [9.17, 15) is 0 Å². The minimum absolute atomic E-state index is 0.590. The second kappa shape index (κ2) is 4.50. The Bertz CT molecular complexity index is 420. The van der Waals surface area contributed by atoms with Crippen LogP contribution in [0.25, 0.3) is 0 Å². The SMILES string of the molecule is N#CC[C@@H]1CN2CC[C@@H]1[C@@H](c1ccccc1)C2. The van der Waals surface area contributed by atoms with Crippen LogP contribution in [-0.2, 0) is 0 Å². The minimum Gasteiger partial charge on any atom is -0.302 e. The van der Waals surface area contributed by atoms with Crippen molar-refractivity contribution in [3.8, 4) is 6.07 Å². The summed E-state index contributed by atoms with van der Waals surface area (Å²) in [6, 6.07) is 13.2. The van der Waals surface area contributed by atoms with E-state index in [0.29, 0.717) is 11.8 Å². The van der Waals surface area contributed by atoms with E-state index in [1.807, 2.05) is 0 Å². The third-order valence-corrected chi connectivity index (χ3v) is 4.43. The minimum atomic E-state index is 0.590. The fraction of sp³-hybridized carbons (Fsp3) is 0.533. The third kappa shape index (κ3) is 1.96. The first-order valence-electron chi connectivity index (χ1n) is 6.52. The zero-order valence-corrected chi connectivity index (χ0v) is 10.0. The van der Waals surface area contributed by atoms with Gasteiger partial charge in [-0.25, -0.2) is 0 Å². The predicted octanol–water partition coefficient (Wildman–Crippen LogP) is 2.64. The normalized spacial score (nSPS) is 35.5. The van der Waals surface area contributed by atoms with Gasteiger partial charge in [-0.05, 0) is 36.3 Å². The summed E-state index contributed by atoms with van der Waals surface area (Å²) in [6.07, 6.45) is 2.00. The molecule has 1 aromatic carbocycles. The number of benzene rings is 1. The lowest BCUT2D eigenvalue weighted by Gasteiger charge is -2.49. The second-order valence-electron chi connectivity index (χ2n) is 5.35. The average molecular weight is 226 g/mol. The van der Waals surface area contributed by atoms with Crippen LogP contribution in [-0.4, -0.2) is 24.5 Å². The number of hydrogen-bond acceptors (Lipinski definition) is 2. The average Bonchev–Trinajstić information content (AvgIpc) is 2.41. The third-order valence-electron chi connectivity index (χ3n) is 4.43. The molecule has 0 N–H and O–H groups in total. The summed E-state index contributed by atoms with van der Waals surface area (Å²) >= 11 is 0. The summed E-state index contributed by atoms with van der Waals surface area (Å²) in [5.74, 6) is 1.96. The van der Waals surface area contributed by atoms with Gasteiger partial charge in [0.25, 0.3) is 0 Å². The van der Waals surface area contributed by atoms with Crippen molar-refractivity contribution in [3.05, 3.63) is 35.9 Å². The smallest absolute Gasteiger partial charge is 0.0625 e. The molecule has 0 radical (unpaired) electrons. The molecule has 17 heavy (non-hydrogen) atoms. The molecule has 2 nitrogen and oxygen atoms in total. The molecule has 0 saturated carbocycles. The van der Waals surface area contributed by atoms with Gasteiger partial charge in [0.1, 0.15) is 0 Å². The van der Waals surface area contributed by atoms with Crippen LogP contribution < -0.4 is 0 Å². The summed E-state index contributed by atoms with van der Waals surface area (Å²) in [6.45, 7) is 3.56. The maximum Gasteiger partial charge on any atom is 0.0625 e. The first-order chi connectivity index (χ1) is 8.38. The van der Waals surface area contributed by atoms with E-state index >= 15 is 0 Å². The van der Waals surface area contributed by atoms with Gasteiger partial charge < -0.3 is 4.90 Å². The van der Waals surface area contributed by atoms with Crippen LogP contribution in [0, 0.1) is 23.2 Å². The molecule has 4 rings (SSSR count). The number of hydrogen-bond donors (Lipinski definition) is 0. The Balaban J connectivity index is 1.85. The fourth-order valence-electron chi connectivity index (χ4n) is 3.62. The van der Waals surface area contributed by atoms with Crippen molar-refractivity contribution in [2.24, 2.45) is 11.8 Å². The second-order valence-corrected chi connectivity index (χ2v) is 5.35. The van der Waals surface area contributed by atoms with Crippen molar-refractivity contribution >= 4 is 0 Å². The van der Waals surface area contributed by atoms with E-state index in [2.05, 4.69) is 41.3 Å². The highest BCUT2D eigenvalue weighted by Gasteiger charge is 2.41. The van der Waals surface area contributed by atoms with Gasteiger partial charge in [0.05, 0.1) is 6.07 Å². The van der Waals surface area contributed by atoms with Crippen molar-refractivity contribution in [3.63, 3.8) is 0 Å². The van der Waals surface area contributed by atoms with E-state index in [1.54, 1.807) is 0 Å². The zero-order valence-electron chi connectivity index (χ0n) is 10.0. The Morgan fingerprint density at radius 2 is 2.06 bits per heavy atom. The predicted molar refractivity (Wildman–Crippen MR) is 67.5 cm³/mol. The molecule has 3 fully saturated rings. The summed E-state index contributed by atoms with van der Waals surface area (Å²) in [4.78, 5) is 2.54. The standard InChI is InChI=1S/C15H18N2/c16-8-6-13-10-17-9-7-14(13)15(11-17)12-4-2-1-3-5-12/h1-5,13-15H,6-7,9-11H2/t13-,14+,15-/m1/s1. The van der Waals surface area contributed by atoms with Crippen molar-refractivity contribution in [1.82, 2.24) is 4.90 Å². The Hall–Kier alpha value is -1.33. The molecule has 88 valence electrons. The van der Waals surface area contributed by atoms with Crippen molar-refractivity contribution < 1.29 is 0 Å². The molecule has 3 heterocycles. The molecule has 0 aromatic heterocycles. The summed E-state index contributed by atoms with van der Waals surface area (Å²) < 4.78 is 0. The highest BCUT2D eigenvalue weighted by Crippen LogP contribution is 2.43. The van der Waals surface area contributed by atoms with Gasteiger partial charge in [-0.3, -0.25) is 0 Å². The lowest BCUT2D eigenvalue weighted by molar-refractivity contribution is 0.0320. The van der Waals surface area contributed by atoms with Crippen LogP contribution in [0.5, 0.6) is 0 Å². The number of nitrogens with zero attached hydrogens (tertiary/aromatic N) is 2. The highest BCUT2D eigenvalue weighted by atomic mass is 15.2. The Morgan fingerprint density at radius 3 is 2.76 bits per heavy atom. The van der Waals surface area contributed by atoms with Gasteiger partial charge in [0.2, 0.25) is 0 Å². The van der Waals surface area contributed by atoms with Gasteiger partial charge in [-0.2, -0.15) is 5.26 Å². The van der Waals surface area contributed by atoms with Crippen LogP contribution in [0.4, 0.5) is 0 Å². The van der Waals surface area contributed by atoms with Crippen LogP contribution in [0.2, 0.25) is 0 Å². The van der Waals surface area contributed by atoms with Gasteiger partial charge in [0, 0.05) is 19.5 Å². The largest absolute Gasteiger partial charge is 0.302 e. The van der Waals surface area contributed by atoms with Crippen molar-refractivity contribution in [1.29, 1.82) is 5.26 Å². The maximum absolute atomic E-state index is 8.93. The van der Waals surface area contributed by atoms with E-state index in [1.165, 1.54) is 25.1 Å².